The van der Waals surface area contributed by atoms with E-state index >= 15 is 0 Å². The van der Waals surface area contributed by atoms with Crippen molar-refractivity contribution in [2.24, 2.45) is 5.10 Å². The lowest BCUT2D eigenvalue weighted by Gasteiger charge is -2.27. The SMILES string of the molecule is Cc1cccc(/C=N/n2c(C)nc3c(Nc4ccncc4)nc(N4CCOCC4)nc32)c1. The summed E-state index contributed by atoms with van der Waals surface area (Å²) < 4.78 is 7.26. The van der Waals surface area contributed by atoms with Crippen LogP contribution >= 0.6 is 0 Å². The van der Waals surface area contributed by atoms with Gasteiger partial charge in [-0.05, 0) is 31.5 Å². The number of imidazole rings is 1. The lowest BCUT2D eigenvalue weighted by atomic mass is 10.2. The number of pyridine rings is 1. The van der Waals surface area contributed by atoms with E-state index in [9.17, 15) is 0 Å². The highest BCUT2D eigenvalue weighted by Crippen LogP contribution is 2.27. The second-order valence-corrected chi connectivity index (χ2v) is 7.63. The number of hydrogen-bond donors (Lipinski definition) is 1. The summed E-state index contributed by atoms with van der Waals surface area (Å²) in [5.41, 5.74) is 4.39. The molecular weight excluding hydrogens is 404 g/mol. The molecule has 0 radical (unpaired) electrons. The first-order chi connectivity index (χ1) is 15.7. The van der Waals surface area contributed by atoms with E-state index in [1.165, 1.54) is 5.56 Å². The second-order valence-electron chi connectivity index (χ2n) is 7.63. The third-order valence-corrected chi connectivity index (χ3v) is 5.24. The highest BCUT2D eigenvalue weighted by Gasteiger charge is 2.21. The van der Waals surface area contributed by atoms with Crippen LogP contribution in [0.5, 0.6) is 0 Å². The molecule has 0 unspecified atom stereocenters. The fourth-order valence-corrected chi connectivity index (χ4v) is 3.62. The van der Waals surface area contributed by atoms with Gasteiger partial charge in [-0.3, -0.25) is 4.98 Å². The number of morpholine rings is 1. The Morgan fingerprint density at radius 1 is 1.03 bits per heavy atom. The summed E-state index contributed by atoms with van der Waals surface area (Å²) in [5, 5.41) is 8.07. The van der Waals surface area contributed by atoms with Crippen LogP contribution in [0.3, 0.4) is 0 Å². The summed E-state index contributed by atoms with van der Waals surface area (Å²) >= 11 is 0. The van der Waals surface area contributed by atoms with Crippen LogP contribution in [0.25, 0.3) is 11.2 Å². The van der Waals surface area contributed by atoms with Crippen molar-refractivity contribution in [3.05, 3.63) is 65.7 Å². The van der Waals surface area contributed by atoms with Crippen molar-refractivity contribution in [3.63, 3.8) is 0 Å². The summed E-state index contributed by atoms with van der Waals surface area (Å²) in [6, 6.07) is 12.0. The molecule has 1 fully saturated rings. The predicted octanol–water partition coefficient (Wildman–Crippen LogP) is 3.30. The molecule has 3 aromatic heterocycles. The van der Waals surface area contributed by atoms with Gasteiger partial charge in [-0.2, -0.15) is 19.7 Å². The molecule has 0 aliphatic carbocycles. The average molecular weight is 429 g/mol. The smallest absolute Gasteiger partial charge is 0.229 e. The van der Waals surface area contributed by atoms with E-state index < -0.39 is 0 Å². The molecule has 0 spiro atoms. The fraction of sp³-hybridized carbons (Fsp3) is 0.261. The van der Waals surface area contributed by atoms with Crippen molar-refractivity contribution < 1.29 is 4.74 Å². The van der Waals surface area contributed by atoms with Crippen molar-refractivity contribution in [1.29, 1.82) is 0 Å². The zero-order valence-electron chi connectivity index (χ0n) is 18.1. The largest absolute Gasteiger partial charge is 0.378 e. The molecule has 1 N–H and O–H groups in total. The lowest BCUT2D eigenvalue weighted by Crippen LogP contribution is -2.37. The Morgan fingerprint density at radius 3 is 2.62 bits per heavy atom. The Morgan fingerprint density at radius 2 is 1.84 bits per heavy atom. The molecule has 9 nitrogen and oxygen atoms in total. The van der Waals surface area contributed by atoms with E-state index in [4.69, 9.17) is 24.8 Å². The highest BCUT2D eigenvalue weighted by molar-refractivity contribution is 5.88. The summed E-state index contributed by atoms with van der Waals surface area (Å²) in [6.45, 7) is 6.75. The number of nitrogens with zero attached hydrogens (tertiary/aromatic N) is 7. The van der Waals surface area contributed by atoms with Gasteiger partial charge in [0.2, 0.25) is 5.95 Å². The van der Waals surface area contributed by atoms with Gasteiger partial charge in [0, 0.05) is 31.2 Å². The van der Waals surface area contributed by atoms with Crippen molar-refractivity contribution in [2.75, 3.05) is 36.5 Å². The Labute approximate surface area is 185 Å². The van der Waals surface area contributed by atoms with Crippen LogP contribution in [0.4, 0.5) is 17.5 Å². The fourth-order valence-electron chi connectivity index (χ4n) is 3.62. The quantitative estimate of drug-likeness (QED) is 0.488. The molecular formula is C23H24N8O. The Hall–Kier alpha value is -3.85. The van der Waals surface area contributed by atoms with E-state index in [1.807, 2.05) is 37.4 Å². The highest BCUT2D eigenvalue weighted by atomic mass is 16.5. The van der Waals surface area contributed by atoms with E-state index in [0.717, 1.165) is 30.2 Å². The minimum Gasteiger partial charge on any atom is -0.378 e. The van der Waals surface area contributed by atoms with Gasteiger partial charge < -0.3 is 15.0 Å². The van der Waals surface area contributed by atoms with Crippen LogP contribution in [-0.2, 0) is 4.74 Å². The Bertz CT molecular complexity index is 1260. The van der Waals surface area contributed by atoms with Gasteiger partial charge in [-0.15, -0.1) is 0 Å². The van der Waals surface area contributed by atoms with E-state index in [2.05, 4.69) is 34.3 Å². The van der Waals surface area contributed by atoms with E-state index in [0.29, 0.717) is 36.1 Å². The van der Waals surface area contributed by atoms with Crippen molar-refractivity contribution >= 4 is 34.8 Å². The number of ether oxygens (including phenoxy) is 1. The minimum atomic E-state index is 0.629. The third kappa shape index (κ3) is 4.15. The Balaban J connectivity index is 1.61. The van der Waals surface area contributed by atoms with Gasteiger partial charge in [0.1, 0.15) is 5.82 Å². The van der Waals surface area contributed by atoms with Crippen molar-refractivity contribution in [3.8, 4) is 0 Å². The molecule has 4 heterocycles. The normalized spacial score (nSPS) is 14.4. The molecule has 0 bridgehead atoms. The third-order valence-electron chi connectivity index (χ3n) is 5.24. The lowest BCUT2D eigenvalue weighted by molar-refractivity contribution is 0.122. The second kappa shape index (κ2) is 8.72. The molecule has 5 rings (SSSR count). The van der Waals surface area contributed by atoms with Gasteiger partial charge in [0.25, 0.3) is 0 Å². The van der Waals surface area contributed by atoms with E-state index in [-0.39, 0.29) is 0 Å². The molecule has 0 amide bonds. The Kier molecular flexibility index (Phi) is 5.47. The molecule has 1 aromatic carbocycles. The molecule has 1 aliphatic rings. The number of aromatic nitrogens is 5. The number of hydrogen-bond acceptors (Lipinski definition) is 8. The van der Waals surface area contributed by atoms with Crippen LogP contribution in [0, 0.1) is 13.8 Å². The summed E-state index contributed by atoms with van der Waals surface area (Å²) in [5.74, 6) is 2.00. The molecule has 0 saturated carbocycles. The average Bonchev–Trinajstić information content (AvgIpc) is 3.14. The van der Waals surface area contributed by atoms with Crippen LogP contribution < -0.4 is 10.2 Å². The summed E-state index contributed by atoms with van der Waals surface area (Å²) in [6.07, 6.45) is 5.30. The first-order valence-corrected chi connectivity index (χ1v) is 10.6. The zero-order valence-corrected chi connectivity index (χ0v) is 18.1. The van der Waals surface area contributed by atoms with Gasteiger partial charge in [-0.25, -0.2) is 4.98 Å². The molecule has 9 heteroatoms. The maximum Gasteiger partial charge on any atom is 0.229 e. The number of anilines is 3. The monoisotopic (exact) mass is 428 g/mol. The molecule has 162 valence electrons. The van der Waals surface area contributed by atoms with Crippen molar-refractivity contribution in [2.45, 2.75) is 13.8 Å². The first kappa shape index (κ1) is 20.1. The summed E-state index contributed by atoms with van der Waals surface area (Å²) in [4.78, 5) is 20.6. The minimum absolute atomic E-state index is 0.629. The van der Waals surface area contributed by atoms with Gasteiger partial charge >= 0.3 is 0 Å². The molecule has 32 heavy (non-hydrogen) atoms. The van der Waals surface area contributed by atoms with Gasteiger partial charge in [-0.1, -0.05) is 29.8 Å². The number of benzene rings is 1. The van der Waals surface area contributed by atoms with Crippen molar-refractivity contribution in [1.82, 2.24) is 24.6 Å². The van der Waals surface area contributed by atoms with Crippen LogP contribution in [0.15, 0.2) is 53.9 Å². The van der Waals surface area contributed by atoms with Crippen LogP contribution in [0.1, 0.15) is 17.0 Å². The van der Waals surface area contributed by atoms with E-state index in [1.54, 1.807) is 17.1 Å². The molecule has 1 aliphatic heterocycles. The van der Waals surface area contributed by atoms with Crippen LogP contribution in [0.2, 0.25) is 0 Å². The number of aryl methyl sites for hydroxylation is 2. The summed E-state index contributed by atoms with van der Waals surface area (Å²) in [7, 11) is 0. The van der Waals surface area contributed by atoms with Gasteiger partial charge in [0.05, 0.1) is 19.4 Å². The molecule has 4 aromatic rings. The standard InChI is InChI=1S/C23H24N8O/c1-16-4-3-5-18(14-16)15-25-31-17(2)26-20-21(27-19-6-8-24-9-7-19)28-23(29-22(20)31)30-10-12-32-13-11-30/h3-9,14-15H,10-13H2,1-2H3,(H,24,27,28,29)/b25-15+. The van der Waals surface area contributed by atoms with Crippen LogP contribution in [-0.4, -0.2) is 57.1 Å². The maximum atomic E-state index is 5.50. The van der Waals surface area contributed by atoms with Gasteiger partial charge in [0.15, 0.2) is 17.0 Å². The molecule has 0 atom stereocenters. The number of rotatable bonds is 5. The molecule has 1 saturated heterocycles. The topological polar surface area (TPSA) is 93.4 Å². The zero-order chi connectivity index (χ0) is 21.9. The number of fused-ring (bicyclic) bond motifs is 1. The maximum absolute atomic E-state index is 5.50. The predicted molar refractivity (Wildman–Crippen MR) is 125 cm³/mol. The first-order valence-electron chi connectivity index (χ1n) is 10.6. The number of nitrogens with one attached hydrogen (secondary N) is 1.